The van der Waals surface area contributed by atoms with E-state index >= 15 is 0 Å². The largest absolute Gasteiger partial charge is 0.380 e. The molecule has 2 fully saturated rings. The predicted octanol–water partition coefficient (Wildman–Crippen LogP) is 0.657. The highest BCUT2D eigenvalue weighted by molar-refractivity contribution is 5.76. The van der Waals surface area contributed by atoms with Gasteiger partial charge in [-0.15, -0.1) is 0 Å². The molecule has 0 aromatic carbocycles. The monoisotopic (exact) mass is 226 g/mol. The highest BCUT2D eigenvalue weighted by atomic mass is 16.5. The van der Waals surface area contributed by atoms with E-state index in [1.165, 1.54) is 25.7 Å². The van der Waals surface area contributed by atoms with Crippen LogP contribution in [-0.4, -0.2) is 32.2 Å². The molecule has 2 aliphatic carbocycles. The second kappa shape index (κ2) is 4.72. The van der Waals surface area contributed by atoms with E-state index in [-0.39, 0.29) is 12.0 Å². The number of carbonyl (C=O) groups excluding carboxylic acids is 1. The molecule has 0 aromatic rings. The molecule has 0 saturated heterocycles. The van der Waals surface area contributed by atoms with Crippen LogP contribution in [0.5, 0.6) is 0 Å². The van der Waals surface area contributed by atoms with E-state index in [1.54, 1.807) is 7.11 Å². The lowest BCUT2D eigenvalue weighted by Gasteiger charge is -2.17. The Kier molecular flexibility index (Phi) is 3.50. The fourth-order valence-electron chi connectivity index (χ4n) is 2.40. The van der Waals surface area contributed by atoms with E-state index in [0.717, 1.165) is 12.5 Å². The van der Waals surface area contributed by atoms with Gasteiger partial charge in [-0.05, 0) is 37.0 Å². The number of nitrogens with one attached hydrogen (secondary N) is 1. The van der Waals surface area contributed by atoms with Crippen molar-refractivity contribution in [3.8, 4) is 0 Å². The zero-order valence-corrected chi connectivity index (χ0v) is 10.00. The van der Waals surface area contributed by atoms with Crippen molar-refractivity contribution >= 4 is 5.91 Å². The first-order chi connectivity index (χ1) is 7.70. The molecule has 4 heteroatoms. The summed E-state index contributed by atoms with van der Waals surface area (Å²) in [6.45, 7) is 1.26. The van der Waals surface area contributed by atoms with Crippen LogP contribution in [0.2, 0.25) is 0 Å². The maximum absolute atomic E-state index is 11.6. The van der Waals surface area contributed by atoms with E-state index < -0.39 is 0 Å². The van der Waals surface area contributed by atoms with E-state index in [9.17, 15) is 4.79 Å². The van der Waals surface area contributed by atoms with Crippen molar-refractivity contribution in [2.75, 3.05) is 20.2 Å². The molecule has 0 aromatic heterocycles. The molecular formula is C12H22N2O2. The van der Waals surface area contributed by atoms with Gasteiger partial charge in [-0.2, -0.15) is 0 Å². The minimum Gasteiger partial charge on any atom is -0.380 e. The van der Waals surface area contributed by atoms with Gasteiger partial charge in [0.25, 0.3) is 0 Å². The molecule has 0 spiro atoms. The quantitative estimate of drug-likeness (QED) is 0.670. The zero-order chi connectivity index (χ0) is 11.6. The van der Waals surface area contributed by atoms with Crippen LogP contribution < -0.4 is 11.1 Å². The number of hydrogen-bond donors (Lipinski definition) is 2. The second-order valence-electron chi connectivity index (χ2n) is 5.21. The molecule has 1 atom stereocenters. The number of rotatable bonds is 7. The lowest BCUT2D eigenvalue weighted by Crippen LogP contribution is -2.35. The summed E-state index contributed by atoms with van der Waals surface area (Å²) in [7, 11) is 1.59. The zero-order valence-electron chi connectivity index (χ0n) is 10.00. The average Bonchev–Trinajstić information content (AvgIpc) is 3.15. The first kappa shape index (κ1) is 11.9. The summed E-state index contributed by atoms with van der Waals surface area (Å²) in [6.07, 6.45) is 5.55. The Morgan fingerprint density at radius 2 is 2.25 bits per heavy atom. The van der Waals surface area contributed by atoms with Gasteiger partial charge in [0.1, 0.15) is 0 Å². The van der Waals surface area contributed by atoms with Gasteiger partial charge in [0, 0.05) is 20.2 Å². The molecule has 0 aliphatic heterocycles. The van der Waals surface area contributed by atoms with Gasteiger partial charge in [-0.25, -0.2) is 0 Å². The first-order valence-corrected chi connectivity index (χ1v) is 6.20. The lowest BCUT2D eigenvalue weighted by molar-refractivity contribution is -0.123. The van der Waals surface area contributed by atoms with Gasteiger partial charge in [0.05, 0.1) is 12.5 Å². The number of amides is 1. The van der Waals surface area contributed by atoms with E-state index in [1.807, 2.05) is 0 Å². The van der Waals surface area contributed by atoms with Crippen LogP contribution in [0.1, 0.15) is 32.1 Å². The summed E-state index contributed by atoms with van der Waals surface area (Å²) in [5.74, 6) is 0.963. The lowest BCUT2D eigenvalue weighted by atomic mass is 10.0. The maximum atomic E-state index is 11.6. The van der Waals surface area contributed by atoms with Crippen molar-refractivity contribution in [3.63, 3.8) is 0 Å². The van der Waals surface area contributed by atoms with Crippen LogP contribution in [0.3, 0.4) is 0 Å². The minimum absolute atomic E-state index is 0.0734. The molecule has 0 bridgehead atoms. The van der Waals surface area contributed by atoms with Crippen LogP contribution in [0.4, 0.5) is 0 Å². The normalized spacial score (nSPS) is 23.9. The van der Waals surface area contributed by atoms with Crippen molar-refractivity contribution in [1.29, 1.82) is 0 Å². The van der Waals surface area contributed by atoms with Gasteiger partial charge in [0.2, 0.25) is 5.91 Å². The van der Waals surface area contributed by atoms with Crippen LogP contribution in [0.15, 0.2) is 0 Å². The molecule has 1 unspecified atom stereocenters. The van der Waals surface area contributed by atoms with E-state index in [4.69, 9.17) is 10.5 Å². The molecule has 3 N–H and O–H groups in total. The van der Waals surface area contributed by atoms with Gasteiger partial charge in [-0.3, -0.25) is 4.79 Å². The predicted molar refractivity (Wildman–Crippen MR) is 61.9 cm³/mol. The Bertz CT molecular complexity index is 256. The van der Waals surface area contributed by atoms with Crippen LogP contribution in [0.25, 0.3) is 0 Å². The minimum atomic E-state index is -0.143. The molecular weight excluding hydrogens is 204 g/mol. The Labute approximate surface area is 96.9 Å². The third-order valence-electron chi connectivity index (χ3n) is 3.98. The summed E-state index contributed by atoms with van der Waals surface area (Å²) in [5.41, 5.74) is 5.95. The van der Waals surface area contributed by atoms with Crippen molar-refractivity contribution < 1.29 is 9.53 Å². The van der Waals surface area contributed by atoms with Crippen LogP contribution >= 0.6 is 0 Å². The van der Waals surface area contributed by atoms with Gasteiger partial charge in [0.15, 0.2) is 0 Å². The number of carbonyl (C=O) groups is 1. The van der Waals surface area contributed by atoms with E-state index in [2.05, 4.69) is 5.32 Å². The smallest absolute Gasteiger partial charge is 0.222 e. The molecule has 2 aliphatic rings. The SMILES string of the molecule is COC(CN)CC(=O)NCC1(C2CC2)CC1. The Morgan fingerprint density at radius 1 is 1.56 bits per heavy atom. The molecule has 0 radical (unpaired) electrons. The number of hydrogen-bond acceptors (Lipinski definition) is 3. The Balaban J connectivity index is 1.67. The summed E-state index contributed by atoms with van der Waals surface area (Å²) < 4.78 is 5.09. The Hall–Kier alpha value is -0.610. The third kappa shape index (κ3) is 2.74. The summed E-state index contributed by atoms with van der Waals surface area (Å²) in [4.78, 5) is 11.6. The average molecular weight is 226 g/mol. The van der Waals surface area contributed by atoms with E-state index in [0.29, 0.717) is 18.4 Å². The fraction of sp³-hybridized carbons (Fsp3) is 0.917. The molecule has 1 amide bonds. The summed E-state index contributed by atoms with van der Waals surface area (Å²) >= 11 is 0. The van der Waals surface area contributed by atoms with Gasteiger partial charge >= 0.3 is 0 Å². The topological polar surface area (TPSA) is 64.3 Å². The van der Waals surface area contributed by atoms with Crippen molar-refractivity contribution in [1.82, 2.24) is 5.32 Å². The Morgan fingerprint density at radius 3 is 2.69 bits per heavy atom. The van der Waals surface area contributed by atoms with Crippen molar-refractivity contribution in [2.45, 2.75) is 38.2 Å². The summed E-state index contributed by atoms with van der Waals surface area (Å²) in [6, 6.07) is 0. The third-order valence-corrected chi connectivity index (χ3v) is 3.98. The van der Waals surface area contributed by atoms with Crippen molar-refractivity contribution in [2.24, 2.45) is 17.1 Å². The molecule has 0 heterocycles. The molecule has 92 valence electrons. The highest BCUT2D eigenvalue weighted by Gasteiger charge is 2.53. The molecule has 2 saturated carbocycles. The van der Waals surface area contributed by atoms with Crippen molar-refractivity contribution in [3.05, 3.63) is 0 Å². The number of nitrogens with two attached hydrogens (primary N) is 1. The summed E-state index contributed by atoms with van der Waals surface area (Å²) in [5, 5.41) is 3.03. The molecule has 16 heavy (non-hydrogen) atoms. The standard InChI is InChI=1S/C12H22N2O2/c1-16-10(7-13)6-11(15)14-8-12(4-5-12)9-2-3-9/h9-10H,2-8,13H2,1H3,(H,14,15). The van der Waals surface area contributed by atoms with Gasteiger partial charge < -0.3 is 15.8 Å². The van der Waals surface area contributed by atoms with Crippen LogP contribution in [0, 0.1) is 11.3 Å². The van der Waals surface area contributed by atoms with Gasteiger partial charge in [-0.1, -0.05) is 0 Å². The molecule has 4 nitrogen and oxygen atoms in total. The first-order valence-electron chi connectivity index (χ1n) is 6.20. The molecule has 2 rings (SSSR count). The van der Waals surface area contributed by atoms with Crippen LogP contribution in [-0.2, 0) is 9.53 Å². The second-order valence-corrected chi connectivity index (χ2v) is 5.21. The highest BCUT2D eigenvalue weighted by Crippen LogP contribution is 2.60. The maximum Gasteiger partial charge on any atom is 0.222 e. The number of methoxy groups -OCH3 is 1. The fourth-order valence-corrected chi connectivity index (χ4v) is 2.40. The number of ether oxygens (including phenoxy) is 1.